The van der Waals surface area contributed by atoms with Gasteiger partial charge >= 0.3 is 0 Å². The van der Waals surface area contributed by atoms with Gasteiger partial charge in [-0.3, -0.25) is 4.98 Å². The maximum Gasteiger partial charge on any atom is 0.240 e. The van der Waals surface area contributed by atoms with E-state index in [1.807, 2.05) is 7.05 Å². The normalized spacial score (nSPS) is 24.9. The molecule has 0 unspecified atom stereocenters. The summed E-state index contributed by atoms with van der Waals surface area (Å²) < 4.78 is 27.0. The van der Waals surface area contributed by atoms with E-state index in [0.717, 1.165) is 25.7 Å². The molecule has 6 heteroatoms. The van der Waals surface area contributed by atoms with Gasteiger partial charge in [0.25, 0.3) is 0 Å². The summed E-state index contributed by atoms with van der Waals surface area (Å²) in [6.45, 7) is 0. The molecular weight excluding hydrogens is 250 g/mol. The molecule has 1 aliphatic carbocycles. The summed E-state index contributed by atoms with van der Waals surface area (Å²) in [5.74, 6) is 0. The molecule has 100 valence electrons. The van der Waals surface area contributed by atoms with Crippen LogP contribution in [-0.2, 0) is 10.0 Å². The molecule has 0 atom stereocenters. The predicted molar refractivity (Wildman–Crippen MR) is 69.7 cm³/mol. The van der Waals surface area contributed by atoms with Gasteiger partial charge in [-0.1, -0.05) is 0 Å². The summed E-state index contributed by atoms with van der Waals surface area (Å²) in [6.07, 6.45) is 6.78. The van der Waals surface area contributed by atoms with Gasteiger partial charge in [0.2, 0.25) is 10.0 Å². The number of hydrogen-bond acceptors (Lipinski definition) is 4. The second kappa shape index (κ2) is 5.77. The third-order valence-corrected chi connectivity index (χ3v) is 4.95. The van der Waals surface area contributed by atoms with Crippen LogP contribution in [0.3, 0.4) is 0 Å². The van der Waals surface area contributed by atoms with Crippen LogP contribution >= 0.6 is 0 Å². The molecular formula is C12H19N3O2S. The Morgan fingerprint density at radius 3 is 2.22 bits per heavy atom. The van der Waals surface area contributed by atoms with Crippen molar-refractivity contribution >= 4 is 10.0 Å². The molecule has 0 radical (unpaired) electrons. The first-order valence-electron chi connectivity index (χ1n) is 6.21. The lowest BCUT2D eigenvalue weighted by Gasteiger charge is -2.28. The lowest BCUT2D eigenvalue weighted by atomic mass is 9.92. The Morgan fingerprint density at radius 1 is 1.11 bits per heavy atom. The van der Waals surface area contributed by atoms with Crippen LogP contribution in [0.5, 0.6) is 0 Å². The number of sulfonamides is 1. The average Bonchev–Trinajstić information content (AvgIpc) is 2.40. The van der Waals surface area contributed by atoms with Gasteiger partial charge in [0, 0.05) is 24.5 Å². The van der Waals surface area contributed by atoms with E-state index in [0.29, 0.717) is 6.04 Å². The first kappa shape index (κ1) is 13.5. The summed E-state index contributed by atoms with van der Waals surface area (Å²) >= 11 is 0. The lowest BCUT2D eigenvalue weighted by molar-refractivity contribution is 0.343. The van der Waals surface area contributed by atoms with Crippen molar-refractivity contribution in [2.75, 3.05) is 7.05 Å². The summed E-state index contributed by atoms with van der Waals surface area (Å²) in [6, 6.07) is 3.60. The zero-order valence-electron chi connectivity index (χ0n) is 10.5. The maximum atomic E-state index is 12.1. The number of nitrogens with one attached hydrogen (secondary N) is 2. The highest BCUT2D eigenvalue weighted by Gasteiger charge is 2.24. The van der Waals surface area contributed by atoms with E-state index < -0.39 is 10.0 Å². The lowest BCUT2D eigenvalue weighted by Crippen LogP contribution is -2.41. The first-order chi connectivity index (χ1) is 8.62. The molecule has 0 spiro atoms. The van der Waals surface area contributed by atoms with Crippen molar-refractivity contribution in [1.82, 2.24) is 15.0 Å². The van der Waals surface area contributed by atoms with Gasteiger partial charge in [-0.15, -0.1) is 0 Å². The minimum Gasteiger partial charge on any atom is -0.317 e. The van der Waals surface area contributed by atoms with E-state index in [1.165, 1.54) is 24.5 Å². The third kappa shape index (κ3) is 3.28. The van der Waals surface area contributed by atoms with E-state index in [2.05, 4.69) is 15.0 Å². The predicted octanol–water partition coefficient (Wildman–Crippen LogP) is 0.891. The van der Waals surface area contributed by atoms with Crippen LogP contribution in [0, 0.1) is 0 Å². The molecule has 0 aliphatic heterocycles. The van der Waals surface area contributed by atoms with Gasteiger partial charge in [0.1, 0.15) is 0 Å². The molecule has 1 aliphatic rings. The van der Waals surface area contributed by atoms with Crippen molar-refractivity contribution in [2.24, 2.45) is 0 Å². The van der Waals surface area contributed by atoms with Crippen molar-refractivity contribution < 1.29 is 8.42 Å². The van der Waals surface area contributed by atoms with Gasteiger partial charge in [-0.2, -0.15) is 0 Å². The average molecular weight is 269 g/mol. The molecule has 0 aromatic carbocycles. The van der Waals surface area contributed by atoms with Crippen molar-refractivity contribution in [1.29, 1.82) is 0 Å². The van der Waals surface area contributed by atoms with E-state index in [9.17, 15) is 8.42 Å². The SMILES string of the molecule is CNC1CCC(NS(=O)(=O)c2ccncc2)CC1. The molecule has 18 heavy (non-hydrogen) atoms. The molecule has 1 heterocycles. The molecule has 1 fully saturated rings. The smallest absolute Gasteiger partial charge is 0.240 e. The number of pyridine rings is 1. The summed E-state index contributed by atoms with van der Waals surface area (Å²) in [5, 5.41) is 3.23. The molecule has 2 rings (SSSR count). The fourth-order valence-corrected chi connectivity index (χ4v) is 3.60. The largest absolute Gasteiger partial charge is 0.317 e. The number of hydrogen-bond donors (Lipinski definition) is 2. The van der Waals surface area contributed by atoms with Gasteiger partial charge < -0.3 is 5.32 Å². The van der Waals surface area contributed by atoms with Crippen molar-refractivity contribution in [3.63, 3.8) is 0 Å². The fourth-order valence-electron chi connectivity index (χ4n) is 2.30. The Labute approximate surface area is 108 Å². The van der Waals surface area contributed by atoms with Crippen molar-refractivity contribution in [3.8, 4) is 0 Å². The standard InChI is InChI=1S/C12H19N3O2S/c1-13-10-2-4-11(5-3-10)15-18(16,17)12-6-8-14-9-7-12/h6-11,13,15H,2-5H2,1H3. The van der Waals surface area contributed by atoms with Gasteiger partial charge in [-0.25, -0.2) is 13.1 Å². The van der Waals surface area contributed by atoms with Crippen LogP contribution in [0.4, 0.5) is 0 Å². The van der Waals surface area contributed by atoms with Crippen molar-refractivity contribution in [3.05, 3.63) is 24.5 Å². The Kier molecular flexibility index (Phi) is 4.31. The number of rotatable bonds is 4. The summed E-state index contributed by atoms with van der Waals surface area (Å²) in [4.78, 5) is 4.11. The van der Waals surface area contributed by atoms with Crippen LogP contribution in [-0.4, -0.2) is 32.5 Å². The monoisotopic (exact) mass is 269 g/mol. The summed E-state index contributed by atoms with van der Waals surface area (Å²) in [7, 11) is -1.44. The Hall–Kier alpha value is -0.980. The maximum absolute atomic E-state index is 12.1. The molecule has 1 aromatic heterocycles. The molecule has 1 saturated carbocycles. The molecule has 5 nitrogen and oxygen atoms in total. The molecule has 2 N–H and O–H groups in total. The Balaban J connectivity index is 1.98. The highest BCUT2D eigenvalue weighted by atomic mass is 32.2. The zero-order chi connectivity index (χ0) is 13.0. The minimum absolute atomic E-state index is 0.0489. The van der Waals surface area contributed by atoms with Crippen LogP contribution in [0.2, 0.25) is 0 Å². The second-order valence-electron chi connectivity index (χ2n) is 4.64. The first-order valence-corrected chi connectivity index (χ1v) is 7.70. The van der Waals surface area contributed by atoms with Crippen LogP contribution in [0.25, 0.3) is 0 Å². The van der Waals surface area contributed by atoms with Gasteiger partial charge in [-0.05, 0) is 44.9 Å². The topological polar surface area (TPSA) is 71.1 Å². The molecule has 0 saturated heterocycles. The molecule has 0 bridgehead atoms. The zero-order valence-corrected chi connectivity index (χ0v) is 11.3. The van der Waals surface area contributed by atoms with Crippen LogP contribution < -0.4 is 10.0 Å². The third-order valence-electron chi connectivity index (χ3n) is 3.42. The van der Waals surface area contributed by atoms with Crippen molar-refractivity contribution in [2.45, 2.75) is 42.7 Å². The van der Waals surface area contributed by atoms with E-state index >= 15 is 0 Å². The second-order valence-corrected chi connectivity index (χ2v) is 6.36. The molecule has 0 amide bonds. The quantitative estimate of drug-likeness (QED) is 0.851. The van der Waals surface area contributed by atoms with E-state index in [-0.39, 0.29) is 10.9 Å². The van der Waals surface area contributed by atoms with Crippen LogP contribution in [0.1, 0.15) is 25.7 Å². The minimum atomic E-state index is -3.39. The van der Waals surface area contributed by atoms with E-state index in [1.54, 1.807) is 0 Å². The summed E-state index contributed by atoms with van der Waals surface area (Å²) in [5.41, 5.74) is 0. The van der Waals surface area contributed by atoms with E-state index in [4.69, 9.17) is 0 Å². The highest BCUT2D eigenvalue weighted by molar-refractivity contribution is 7.89. The number of aromatic nitrogens is 1. The highest BCUT2D eigenvalue weighted by Crippen LogP contribution is 2.20. The van der Waals surface area contributed by atoms with Gasteiger partial charge in [0.15, 0.2) is 0 Å². The van der Waals surface area contributed by atoms with Crippen LogP contribution in [0.15, 0.2) is 29.4 Å². The number of nitrogens with zero attached hydrogens (tertiary/aromatic N) is 1. The fraction of sp³-hybridized carbons (Fsp3) is 0.583. The Bertz CT molecular complexity index is 467. The van der Waals surface area contributed by atoms with Gasteiger partial charge in [0.05, 0.1) is 4.90 Å². The Morgan fingerprint density at radius 2 is 1.67 bits per heavy atom. The molecule has 1 aromatic rings.